The van der Waals surface area contributed by atoms with Crippen LogP contribution < -0.4 is 5.32 Å². The van der Waals surface area contributed by atoms with Gasteiger partial charge in [-0.25, -0.2) is 4.79 Å². The molecule has 6 atom stereocenters. The van der Waals surface area contributed by atoms with Crippen LogP contribution in [-0.2, 0) is 23.7 Å². The number of epoxide rings is 1. The van der Waals surface area contributed by atoms with Gasteiger partial charge in [-0.3, -0.25) is 4.79 Å². The number of amides is 1. The molecule has 1 aromatic carbocycles. The minimum atomic E-state index is -0.753. The predicted octanol–water partition coefficient (Wildman–Crippen LogP) is 5.87. The Balaban J connectivity index is 1.27. The zero-order valence-electron chi connectivity index (χ0n) is 25.8. The van der Waals surface area contributed by atoms with Crippen molar-refractivity contribution in [2.24, 2.45) is 5.92 Å². The van der Waals surface area contributed by atoms with E-state index in [1.807, 2.05) is 18.2 Å². The number of unbranched alkanes of at least 4 members (excludes halogenated alkanes) is 4. The highest BCUT2D eigenvalue weighted by molar-refractivity contribution is 5.94. The summed E-state index contributed by atoms with van der Waals surface area (Å²) < 4.78 is 25.0. The molecule has 1 amide bonds. The number of carbonyl (C=O) groups excluding carboxylic acids is 2. The van der Waals surface area contributed by atoms with E-state index in [-0.39, 0.29) is 25.5 Å². The number of benzene rings is 1. The van der Waals surface area contributed by atoms with Gasteiger partial charge in [0.1, 0.15) is 18.3 Å². The molecule has 2 heterocycles. The van der Waals surface area contributed by atoms with Gasteiger partial charge in [-0.1, -0.05) is 63.8 Å². The van der Waals surface area contributed by atoms with Crippen LogP contribution in [0.4, 0.5) is 0 Å². The molecule has 2 N–H and O–H groups in total. The number of nitrogens with one attached hydrogen (secondary N) is 1. The van der Waals surface area contributed by atoms with E-state index < -0.39 is 30.1 Å². The molecule has 0 bridgehead atoms. The molecular weight excluding hydrogens is 546 g/mol. The topological polar surface area (TPSA) is 107 Å². The molecule has 4 aliphatic rings. The summed E-state index contributed by atoms with van der Waals surface area (Å²) >= 11 is 0. The molecule has 3 unspecified atom stereocenters. The van der Waals surface area contributed by atoms with Crippen molar-refractivity contribution in [3.63, 3.8) is 0 Å². The van der Waals surface area contributed by atoms with E-state index in [2.05, 4.69) is 31.3 Å². The minimum Gasteiger partial charge on any atom is -0.456 e. The second kappa shape index (κ2) is 15.0. The molecule has 3 fully saturated rings. The smallest absolute Gasteiger partial charge is 0.338 e. The Hall–Kier alpha value is -2.52. The maximum Gasteiger partial charge on any atom is 0.338 e. The van der Waals surface area contributed by atoms with Crippen LogP contribution in [0.1, 0.15) is 107 Å². The molecule has 43 heavy (non-hydrogen) atoms. The molecule has 8 nitrogen and oxygen atoms in total. The quantitative estimate of drug-likeness (QED) is 0.148. The van der Waals surface area contributed by atoms with Crippen molar-refractivity contribution < 1.29 is 33.6 Å². The fourth-order valence-corrected chi connectivity index (χ4v) is 6.68. The maximum atomic E-state index is 13.4. The molecule has 5 rings (SSSR count). The van der Waals surface area contributed by atoms with Crippen molar-refractivity contribution in [1.29, 1.82) is 0 Å². The Morgan fingerprint density at radius 1 is 1.02 bits per heavy atom. The van der Waals surface area contributed by atoms with Gasteiger partial charge < -0.3 is 29.4 Å². The number of carbonyl (C=O) groups is 2. The molecule has 2 aliphatic carbocycles. The maximum absolute atomic E-state index is 13.4. The SMILES string of the molecule is CCCCCC1(CCCCC)O[C@@H]2[C@@H](C=C(C(=O)NCCO)C[C@H]2OC(=O)c2ccc(C=CC3CCC4OC4C3)cc2)O1. The molecule has 236 valence electrons. The lowest BCUT2D eigenvalue weighted by molar-refractivity contribution is -0.190. The van der Waals surface area contributed by atoms with E-state index in [1.54, 1.807) is 12.1 Å². The van der Waals surface area contributed by atoms with Gasteiger partial charge in [0.25, 0.3) is 0 Å². The first-order valence-electron chi connectivity index (χ1n) is 16.5. The lowest BCUT2D eigenvalue weighted by Gasteiger charge is -2.31. The van der Waals surface area contributed by atoms with Gasteiger partial charge in [-0.15, -0.1) is 0 Å². The lowest BCUT2D eigenvalue weighted by atomic mass is 9.89. The van der Waals surface area contributed by atoms with Crippen molar-refractivity contribution in [2.75, 3.05) is 13.2 Å². The Bertz CT molecular complexity index is 1140. The van der Waals surface area contributed by atoms with Gasteiger partial charge in [-0.05, 0) is 61.8 Å². The zero-order valence-corrected chi connectivity index (χ0v) is 25.8. The monoisotopic (exact) mass is 595 g/mol. The van der Waals surface area contributed by atoms with Crippen LogP contribution in [0.15, 0.2) is 42.0 Å². The number of fused-ring (bicyclic) bond motifs is 2. The van der Waals surface area contributed by atoms with Gasteiger partial charge in [-0.2, -0.15) is 0 Å². The summed E-state index contributed by atoms with van der Waals surface area (Å²) in [6.45, 7) is 4.35. The zero-order chi connectivity index (χ0) is 30.2. The second-order valence-electron chi connectivity index (χ2n) is 12.6. The van der Waals surface area contributed by atoms with Crippen molar-refractivity contribution >= 4 is 18.0 Å². The van der Waals surface area contributed by atoms with Crippen molar-refractivity contribution in [2.45, 2.75) is 127 Å². The third-order valence-electron chi connectivity index (χ3n) is 9.20. The highest BCUT2D eigenvalue weighted by atomic mass is 16.8. The van der Waals surface area contributed by atoms with Gasteiger partial charge in [0, 0.05) is 31.4 Å². The van der Waals surface area contributed by atoms with E-state index in [4.69, 9.17) is 18.9 Å². The molecule has 0 aromatic heterocycles. The molecule has 2 aliphatic heterocycles. The molecule has 0 spiro atoms. The number of hydrogen-bond acceptors (Lipinski definition) is 7. The largest absolute Gasteiger partial charge is 0.456 e. The van der Waals surface area contributed by atoms with E-state index in [0.717, 1.165) is 76.2 Å². The van der Waals surface area contributed by atoms with Crippen LogP contribution >= 0.6 is 0 Å². The van der Waals surface area contributed by atoms with Crippen LogP contribution in [0, 0.1) is 5.92 Å². The third kappa shape index (κ3) is 8.35. The molecule has 0 radical (unpaired) electrons. The van der Waals surface area contributed by atoms with E-state index in [1.165, 1.54) is 0 Å². The third-order valence-corrected chi connectivity index (χ3v) is 9.20. The Labute approximate surface area is 256 Å². The van der Waals surface area contributed by atoms with E-state index in [0.29, 0.717) is 29.3 Å². The molecule has 1 saturated carbocycles. The van der Waals surface area contributed by atoms with Gasteiger partial charge in [0.15, 0.2) is 5.79 Å². The summed E-state index contributed by atoms with van der Waals surface area (Å²) in [5.41, 5.74) is 1.98. The number of hydrogen-bond donors (Lipinski definition) is 2. The summed E-state index contributed by atoms with van der Waals surface area (Å²) in [5.74, 6) is -0.950. The fourth-order valence-electron chi connectivity index (χ4n) is 6.68. The summed E-state index contributed by atoms with van der Waals surface area (Å²) in [6, 6.07) is 7.45. The first-order chi connectivity index (χ1) is 20.9. The predicted molar refractivity (Wildman–Crippen MR) is 164 cm³/mol. The molecule has 2 saturated heterocycles. The number of rotatable bonds is 15. The Kier molecular flexibility index (Phi) is 11.1. The highest BCUT2D eigenvalue weighted by Crippen LogP contribution is 2.43. The first-order valence-corrected chi connectivity index (χ1v) is 16.5. The van der Waals surface area contributed by atoms with Crippen molar-refractivity contribution in [3.05, 3.63) is 53.1 Å². The fraction of sp³-hybridized carbons (Fsp3) is 0.657. The Morgan fingerprint density at radius 3 is 2.44 bits per heavy atom. The van der Waals surface area contributed by atoms with Gasteiger partial charge in [0.2, 0.25) is 5.91 Å². The van der Waals surface area contributed by atoms with Crippen LogP contribution in [0.25, 0.3) is 6.08 Å². The average Bonchev–Trinajstić information content (AvgIpc) is 3.70. The first kappa shape index (κ1) is 31.9. The second-order valence-corrected chi connectivity index (χ2v) is 12.6. The van der Waals surface area contributed by atoms with Crippen LogP contribution in [-0.4, -0.2) is 66.4 Å². The van der Waals surface area contributed by atoms with E-state index in [9.17, 15) is 14.7 Å². The van der Waals surface area contributed by atoms with Crippen LogP contribution in [0.5, 0.6) is 0 Å². The molecule has 1 aromatic rings. The highest BCUT2D eigenvalue weighted by Gasteiger charge is 2.52. The van der Waals surface area contributed by atoms with Crippen LogP contribution in [0.3, 0.4) is 0 Å². The van der Waals surface area contributed by atoms with Gasteiger partial charge in [0.05, 0.1) is 24.4 Å². The Morgan fingerprint density at radius 2 is 1.77 bits per heavy atom. The van der Waals surface area contributed by atoms with Crippen molar-refractivity contribution in [1.82, 2.24) is 5.32 Å². The average molecular weight is 596 g/mol. The van der Waals surface area contributed by atoms with Crippen LogP contribution in [0.2, 0.25) is 0 Å². The van der Waals surface area contributed by atoms with Gasteiger partial charge >= 0.3 is 5.97 Å². The normalized spacial score (nSPS) is 29.0. The van der Waals surface area contributed by atoms with Crippen molar-refractivity contribution in [3.8, 4) is 0 Å². The lowest BCUT2D eigenvalue weighted by Crippen LogP contribution is -2.43. The summed E-state index contributed by atoms with van der Waals surface area (Å²) in [6.07, 6.45) is 17.0. The summed E-state index contributed by atoms with van der Waals surface area (Å²) in [7, 11) is 0. The molecular formula is C35H49NO7. The number of allylic oxidation sites excluding steroid dienone is 1. The standard InChI is InChI=1S/C35H49NO7/c1-3-5-7-17-35(18-8-6-4-2)42-31-23-27(33(38)36-19-20-37)22-30(32(31)43-35)41-34(39)26-14-11-24(12-15-26)9-10-25-13-16-28-29(21-25)40-28/h9-12,14-15,23,25,28-32,37H,3-8,13,16-22H2,1-2H3,(H,36,38)/t25?,28?,29?,30-,31-,32+/m1/s1. The number of aliphatic hydroxyl groups is 1. The number of esters is 1. The minimum absolute atomic E-state index is 0.150. The summed E-state index contributed by atoms with van der Waals surface area (Å²) in [5, 5.41) is 11.9. The number of aliphatic hydroxyl groups excluding tert-OH is 1. The van der Waals surface area contributed by atoms with E-state index >= 15 is 0 Å². The number of ether oxygens (including phenoxy) is 4. The summed E-state index contributed by atoms with van der Waals surface area (Å²) in [4.78, 5) is 26.3. The molecule has 8 heteroatoms.